The molecule has 0 bridgehead atoms. The number of methoxy groups -OCH3 is 2. The second-order valence-electron chi connectivity index (χ2n) is 5.57. The largest absolute Gasteiger partial charge is 0.493 e. The number of carbonyl (C=O) groups excluding carboxylic acids is 2. The number of ether oxygens (including phenoxy) is 2. The van der Waals surface area contributed by atoms with Gasteiger partial charge < -0.3 is 19.2 Å². The van der Waals surface area contributed by atoms with E-state index in [4.69, 9.17) is 20.8 Å². The Kier molecular flexibility index (Phi) is 5.47. The van der Waals surface area contributed by atoms with Crippen LogP contribution in [-0.4, -0.2) is 26.1 Å². The van der Waals surface area contributed by atoms with Crippen molar-refractivity contribution in [3.05, 3.63) is 64.9 Å². The second-order valence-corrected chi connectivity index (χ2v) is 6.00. The fourth-order valence-corrected chi connectivity index (χ4v) is 2.71. The highest BCUT2D eigenvalue weighted by Crippen LogP contribution is 2.32. The van der Waals surface area contributed by atoms with Crippen molar-refractivity contribution in [2.24, 2.45) is 0 Å². The first-order chi connectivity index (χ1) is 13.0. The van der Waals surface area contributed by atoms with Crippen LogP contribution in [0.1, 0.15) is 16.1 Å². The number of amides is 1. The van der Waals surface area contributed by atoms with E-state index in [1.54, 1.807) is 48.5 Å². The van der Waals surface area contributed by atoms with Crippen LogP contribution in [0.4, 0.5) is 5.69 Å². The lowest BCUT2D eigenvalue weighted by molar-refractivity contribution is -0.111. The van der Waals surface area contributed by atoms with Crippen LogP contribution in [0.2, 0.25) is 5.02 Å². The van der Waals surface area contributed by atoms with Crippen LogP contribution in [-0.2, 0) is 9.53 Å². The molecule has 1 aromatic heterocycles. The molecular formula is C20H16ClNO5. The van der Waals surface area contributed by atoms with Crippen LogP contribution < -0.4 is 10.1 Å². The minimum absolute atomic E-state index is 0.341. The number of rotatable bonds is 5. The van der Waals surface area contributed by atoms with Crippen molar-refractivity contribution in [2.75, 3.05) is 19.5 Å². The molecule has 0 spiro atoms. The number of esters is 1. The summed E-state index contributed by atoms with van der Waals surface area (Å²) in [6, 6.07) is 11.5. The predicted molar refractivity (Wildman–Crippen MR) is 103 cm³/mol. The van der Waals surface area contributed by atoms with E-state index in [0.717, 1.165) is 5.39 Å². The highest BCUT2D eigenvalue weighted by molar-refractivity contribution is 6.31. The molecule has 138 valence electrons. The molecule has 0 saturated carbocycles. The van der Waals surface area contributed by atoms with Crippen molar-refractivity contribution in [1.82, 2.24) is 0 Å². The number of furan rings is 1. The number of hydrogen-bond acceptors (Lipinski definition) is 5. The third-order valence-electron chi connectivity index (χ3n) is 3.76. The zero-order chi connectivity index (χ0) is 19.4. The lowest BCUT2D eigenvalue weighted by Gasteiger charge is -2.03. The number of nitrogens with one attached hydrogen (secondary N) is 1. The van der Waals surface area contributed by atoms with E-state index in [-0.39, 0.29) is 5.91 Å². The van der Waals surface area contributed by atoms with Gasteiger partial charge in [0, 0.05) is 28.2 Å². The summed E-state index contributed by atoms with van der Waals surface area (Å²) in [4.78, 5) is 23.5. The summed E-state index contributed by atoms with van der Waals surface area (Å²) in [5.74, 6) is 0.230. The summed E-state index contributed by atoms with van der Waals surface area (Å²) in [6.07, 6.45) is 2.89. The molecule has 2 aromatic carbocycles. The number of halogens is 1. The van der Waals surface area contributed by atoms with Gasteiger partial charge in [0.15, 0.2) is 11.3 Å². The Morgan fingerprint density at radius 3 is 2.52 bits per heavy atom. The van der Waals surface area contributed by atoms with E-state index in [2.05, 4.69) is 10.1 Å². The van der Waals surface area contributed by atoms with E-state index < -0.39 is 5.97 Å². The first-order valence-corrected chi connectivity index (χ1v) is 8.32. The van der Waals surface area contributed by atoms with Crippen LogP contribution in [0.15, 0.2) is 53.0 Å². The van der Waals surface area contributed by atoms with Crippen molar-refractivity contribution in [3.8, 4) is 5.75 Å². The molecule has 6 nitrogen and oxygen atoms in total. The second kappa shape index (κ2) is 7.97. The SMILES string of the molecule is COC(=O)c1ccc(NC(=O)/C=C/c2cc3cc(Cl)cc(OC)c3o2)cc1. The molecule has 1 heterocycles. The predicted octanol–water partition coefficient (Wildman–Crippen LogP) is 4.53. The fourth-order valence-electron chi connectivity index (χ4n) is 2.49. The zero-order valence-electron chi connectivity index (χ0n) is 14.6. The lowest BCUT2D eigenvalue weighted by Crippen LogP contribution is -2.08. The third kappa shape index (κ3) is 4.30. The summed E-state index contributed by atoms with van der Waals surface area (Å²) in [5.41, 5.74) is 1.51. The average Bonchev–Trinajstić information content (AvgIpc) is 3.08. The molecule has 3 rings (SSSR count). The molecule has 0 aliphatic heterocycles. The van der Waals surface area contributed by atoms with Gasteiger partial charge in [0.25, 0.3) is 0 Å². The number of fused-ring (bicyclic) bond motifs is 1. The Bertz CT molecular complexity index is 1020. The summed E-state index contributed by atoms with van der Waals surface area (Å²) in [6.45, 7) is 0. The standard InChI is InChI=1S/C20H16ClNO5/c1-25-17-11-14(21)9-13-10-16(27-19(13)17)7-8-18(23)22-15-5-3-12(4-6-15)20(24)26-2/h3-11H,1-2H3,(H,22,23)/b8-7+. The van der Waals surface area contributed by atoms with Crippen molar-refractivity contribution in [2.45, 2.75) is 0 Å². The molecule has 1 amide bonds. The summed E-state index contributed by atoms with van der Waals surface area (Å²) in [7, 11) is 2.84. The van der Waals surface area contributed by atoms with Gasteiger partial charge in [-0.15, -0.1) is 0 Å². The number of anilines is 1. The molecule has 1 N–H and O–H groups in total. The molecule has 0 aliphatic rings. The van der Waals surface area contributed by atoms with Gasteiger partial charge in [0.2, 0.25) is 5.91 Å². The molecule has 0 saturated heterocycles. The molecule has 7 heteroatoms. The zero-order valence-corrected chi connectivity index (χ0v) is 15.4. The molecule has 0 aliphatic carbocycles. The first kappa shape index (κ1) is 18.5. The summed E-state index contributed by atoms with van der Waals surface area (Å²) in [5, 5.41) is 4.00. The minimum atomic E-state index is -0.437. The lowest BCUT2D eigenvalue weighted by atomic mass is 10.2. The smallest absolute Gasteiger partial charge is 0.337 e. The van der Waals surface area contributed by atoms with Gasteiger partial charge in [-0.05, 0) is 42.5 Å². The normalized spacial score (nSPS) is 10.9. The van der Waals surface area contributed by atoms with Crippen LogP contribution >= 0.6 is 11.6 Å². The van der Waals surface area contributed by atoms with Crippen molar-refractivity contribution in [3.63, 3.8) is 0 Å². The Morgan fingerprint density at radius 2 is 1.85 bits per heavy atom. The van der Waals surface area contributed by atoms with E-state index in [9.17, 15) is 9.59 Å². The van der Waals surface area contributed by atoms with Gasteiger partial charge in [0.1, 0.15) is 5.76 Å². The fraction of sp³-hybridized carbons (Fsp3) is 0.100. The molecule has 0 unspecified atom stereocenters. The van der Waals surface area contributed by atoms with Gasteiger partial charge in [-0.25, -0.2) is 4.79 Å². The van der Waals surface area contributed by atoms with Crippen LogP contribution in [0.25, 0.3) is 17.0 Å². The van der Waals surface area contributed by atoms with Gasteiger partial charge >= 0.3 is 5.97 Å². The Hall–Kier alpha value is -3.25. The van der Waals surface area contributed by atoms with Crippen LogP contribution in [0, 0.1) is 0 Å². The maximum Gasteiger partial charge on any atom is 0.337 e. The van der Waals surface area contributed by atoms with E-state index >= 15 is 0 Å². The molecule has 0 radical (unpaired) electrons. The molecular weight excluding hydrogens is 370 g/mol. The van der Waals surface area contributed by atoms with Crippen LogP contribution in [0.5, 0.6) is 5.75 Å². The number of carbonyl (C=O) groups is 2. The summed E-state index contributed by atoms with van der Waals surface area (Å²) < 4.78 is 15.6. The van der Waals surface area contributed by atoms with Crippen LogP contribution in [0.3, 0.4) is 0 Å². The first-order valence-electron chi connectivity index (χ1n) is 7.94. The molecule has 0 fully saturated rings. The maximum absolute atomic E-state index is 12.1. The van der Waals surface area contributed by atoms with E-state index in [1.165, 1.54) is 20.3 Å². The molecule has 0 atom stereocenters. The highest BCUT2D eigenvalue weighted by atomic mass is 35.5. The van der Waals surface area contributed by atoms with Gasteiger partial charge in [-0.3, -0.25) is 4.79 Å². The Labute approximate surface area is 160 Å². The third-order valence-corrected chi connectivity index (χ3v) is 3.98. The van der Waals surface area contributed by atoms with E-state index in [0.29, 0.717) is 33.4 Å². The Morgan fingerprint density at radius 1 is 1.11 bits per heavy atom. The maximum atomic E-state index is 12.1. The summed E-state index contributed by atoms with van der Waals surface area (Å²) >= 11 is 6.04. The topological polar surface area (TPSA) is 77.8 Å². The minimum Gasteiger partial charge on any atom is -0.493 e. The Balaban J connectivity index is 1.71. The highest BCUT2D eigenvalue weighted by Gasteiger charge is 2.10. The van der Waals surface area contributed by atoms with Gasteiger partial charge in [-0.2, -0.15) is 0 Å². The number of benzene rings is 2. The van der Waals surface area contributed by atoms with Gasteiger partial charge in [-0.1, -0.05) is 11.6 Å². The number of hydrogen-bond donors (Lipinski definition) is 1. The monoisotopic (exact) mass is 385 g/mol. The quantitative estimate of drug-likeness (QED) is 0.515. The van der Waals surface area contributed by atoms with Gasteiger partial charge in [0.05, 0.1) is 19.8 Å². The van der Waals surface area contributed by atoms with Crippen molar-refractivity contribution >= 4 is 46.2 Å². The average molecular weight is 386 g/mol. The van der Waals surface area contributed by atoms with E-state index in [1.807, 2.05) is 0 Å². The molecule has 3 aromatic rings. The van der Waals surface area contributed by atoms with Crippen molar-refractivity contribution < 1.29 is 23.5 Å². The van der Waals surface area contributed by atoms with Crippen molar-refractivity contribution in [1.29, 1.82) is 0 Å². The molecule has 27 heavy (non-hydrogen) atoms.